The van der Waals surface area contributed by atoms with Crippen LogP contribution in [0.2, 0.25) is 0 Å². The zero-order valence-corrected chi connectivity index (χ0v) is 12.7. The summed E-state index contributed by atoms with van der Waals surface area (Å²) in [6.07, 6.45) is 7.05. The molecule has 2 aromatic rings. The smallest absolute Gasteiger partial charge is 0.251 e. The molecule has 112 valence electrons. The number of benzene rings is 2. The summed E-state index contributed by atoms with van der Waals surface area (Å²) in [5.74, 6) is 0.00563. The lowest BCUT2D eigenvalue weighted by Crippen LogP contribution is -2.26. The Bertz CT molecular complexity index is 656. The fraction of sp³-hybridized carbons (Fsp3) is 0.250. The SMILES string of the molecule is O=C(NCC1=CCCCC1)c1ccc(-c2ccccc2)cc1. The monoisotopic (exact) mass is 291 g/mol. The van der Waals surface area contributed by atoms with Crippen LogP contribution in [0.3, 0.4) is 0 Å². The number of rotatable bonds is 4. The quantitative estimate of drug-likeness (QED) is 0.821. The van der Waals surface area contributed by atoms with Crippen molar-refractivity contribution in [3.63, 3.8) is 0 Å². The lowest BCUT2D eigenvalue weighted by atomic mass is 9.99. The summed E-state index contributed by atoms with van der Waals surface area (Å²) in [5.41, 5.74) is 4.38. The maximum atomic E-state index is 12.2. The van der Waals surface area contributed by atoms with Crippen LogP contribution >= 0.6 is 0 Å². The summed E-state index contributed by atoms with van der Waals surface area (Å²) in [5, 5.41) is 3.02. The molecule has 0 saturated heterocycles. The number of carbonyl (C=O) groups is 1. The predicted molar refractivity (Wildman–Crippen MR) is 90.8 cm³/mol. The van der Waals surface area contributed by atoms with Crippen molar-refractivity contribution in [1.29, 1.82) is 0 Å². The van der Waals surface area contributed by atoms with E-state index in [0.717, 1.165) is 24.0 Å². The molecule has 0 bridgehead atoms. The first kappa shape index (κ1) is 14.6. The molecule has 0 saturated carbocycles. The van der Waals surface area contributed by atoms with E-state index in [9.17, 15) is 4.79 Å². The van der Waals surface area contributed by atoms with Gasteiger partial charge in [0, 0.05) is 12.1 Å². The molecule has 0 aliphatic heterocycles. The van der Waals surface area contributed by atoms with Gasteiger partial charge in [-0.1, -0.05) is 54.1 Å². The highest BCUT2D eigenvalue weighted by molar-refractivity contribution is 5.94. The standard InChI is InChI=1S/C20H21NO/c22-20(21-15-16-7-3-1-4-8-16)19-13-11-18(12-14-19)17-9-5-2-6-10-17/h2,5-7,9-14H,1,3-4,8,15H2,(H,21,22). The van der Waals surface area contributed by atoms with Gasteiger partial charge in [0.1, 0.15) is 0 Å². The summed E-state index contributed by atoms with van der Waals surface area (Å²) in [7, 11) is 0. The molecule has 0 radical (unpaired) electrons. The molecule has 1 aliphatic rings. The van der Waals surface area contributed by atoms with E-state index in [1.807, 2.05) is 42.5 Å². The van der Waals surface area contributed by atoms with Gasteiger partial charge in [0.25, 0.3) is 5.91 Å². The number of carbonyl (C=O) groups excluding carboxylic acids is 1. The molecule has 0 atom stereocenters. The predicted octanol–water partition coefficient (Wildman–Crippen LogP) is 4.58. The summed E-state index contributed by atoms with van der Waals surface area (Å²) in [6.45, 7) is 0.680. The molecule has 0 spiro atoms. The van der Waals surface area contributed by atoms with Crippen LogP contribution in [0.25, 0.3) is 11.1 Å². The Morgan fingerprint density at radius 3 is 2.32 bits per heavy atom. The molecule has 2 heteroatoms. The molecule has 0 unspecified atom stereocenters. The van der Waals surface area contributed by atoms with Crippen LogP contribution in [0, 0.1) is 0 Å². The third kappa shape index (κ3) is 3.64. The van der Waals surface area contributed by atoms with E-state index in [1.54, 1.807) is 0 Å². The topological polar surface area (TPSA) is 29.1 Å². The Morgan fingerprint density at radius 1 is 0.909 bits per heavy atom. The fourth-order valence-corrected chi connectivity index (χ4v) is 2.81. The molecule has 1 amide bonds. The molecule has 2 aromatic carbocycles. The van der Waals surface area contributed by atoms with Gasteiger partial charge in [-0.15, -0.1) is 0 Å². The maximum Gasteiger partial charge on any atom is 0.251 e. The van der Waals surface area contributed by atoms with E-state index in [2.05, 4.69) is 23.5 Å². The highest BCUT2D eigenvalue weighted by atomic mass is 16.1. The minimum absolute atomic E-state index is 0.00563. The first-order chi connectivity index (χ1) is 10.8. The number of hydrogen-bond acceptors (Lipinski definition) is 1. The number of amides is 1. The van der Waals surface area contributed by atoms with Gasteiger partial charge >= 0.3 is 0 Å². The third-order valence-corrected chi connectivity index (χ3v) is 4.12. The van der Waals surface area contributed by atoms with Gasteiger partial charge in [-0.25, -0.2) is 0 Å². The van der Waals surface area contributed by atoms with Gasteiger partial charge in [0.2, 0.25) is 0 Å². The lowest BCUT2D eigenvalue weighted by Gasteiger charge is -2.13. The third-order valence-electron chi connectivity index (χ3n) is 4.12. The molecule has 22 heavy (non-hydrogen) atoms. The molecule has 2 nitrogen and oxygen atoms in total. The largest absolute Gasteiger partial charge is 0.348 e. The van der Waals surface area contributed by atoms with Crippen molar-refractivity contribution in [2.24, 2.45) is 0 Å². The van der Waals surface area contributed by atoms with Gasteiger partial charge in [0.05, 0.1) is 0 Å². The molecule has 3 rings (SSSR count). The minimum atomic E-state index is 0.00563. The van der Waals surface area contributed by atoms with Gasteiger partial charge in [-0.3, -0.25) is 4.79 Å². The van der Waals surface area contributed by atoms with Crippen molar-refractivity contribution in [2.45, 2.75) is 25.7 Å². The van der Waals surface area contributed by atoms with Crippen LogP contribution in [0.4, 0.5) is 0 Å². The molecular weight excluding hydrogens is 270 g/mol. The second-order valence-corrected chi connectivity index (χ2v) is 5.73. The summed E-state index contributed by atoms with van der Waals surface area (Å²) in [6, 6.07) is 18.0. The summed E-state index contributed by atoms with van der Waals surface area (Å²) in [4.78, 5) is 12.2. The number of allylic oxidation sites excluding steroid dienone is 1. The molecule has 1 aliphatic carbocycles. The van der Waals surface area contributed by atoms with Gasteiger partial charge < -0.3 is 5.32 Å². The molecule has 0 fully saturated rings. The van der Waals surface area contributed by atoms with Crippen molar-refractivity contribution in [1.82, 2.24) is 5.32 Å². The van der Waals surface area contributed by atoms with Crippen LogP contribution in [0.1, 0.15) is 36.0 Å². The average Bonchev–Trinajstić information content (AvgIpc) is 2.61. The fourth-order valence-electron chi connectivity index (χ4n) is 2.81. The molecular formula is C20H21NO. The number of hydrogen-bond donors (Lipinski definition) is 1. The van der Waals surface area contributed by atoms with Crippen molar-refractivity contribution < 1.29 is 4.79 Å². The van der Waals surface area contributed by atoms with Gasteiger partial charge in [-0.05, 0) is 48.9 Å². The Morgan fingerprint density at radius 2 is 1.64 bits per heavy atom. The zero-order chi connectivity index (χ0) is 15.2. The van der Waals surface area contributed by atoms with Crippen molar-refractivity contribution in [3.8, 4) is 11.1 Å². The van der Waals surface area contributed by atoms with Gasteiger partial charge in [0.15, 0.2) is 0 Å². The Labute approximate surface area is 131 Å². The number of nitrogens with one attached hydrogen (secondary N) is 1. The Balaban J connectivity index is 1.62. The summed E-state index contributed by atoms with van der Waals surface area (Å²) < 4.78 is 0. The van der Waals surface area contributed by atoms with Crippen LogP contribution in [0.15, 0.2) is 66.2 Å². The minimum Gasteiger partial charge on any atom is -0.348 e. The maximum absolute atomic E-state index is 12.2. The van der Waals surface area contributed by atoms with E-state index in [-0.39, 0.29) is 5.91 Å². The van der Waals surface area contributed by atoms with E-state index < -0.39 is 0 Å². The van der Waals surface area contributed by atoms with Crippen LogP contribution in [-0.4, -0.2) is 12.5 Å². The van der Waals surface area contributed by atoms with Gasteiger partial charge in [-0.2, -0.15) is 0 Å². The average molecular weight is 291 g/mol. The Hall–Kier alpha value is -2.35. The first-order valence-corrected chi connectivity index (χ1v) is 7.94. The van der Waals surface area contributed by atoms with E-state index in [4.69, 9.17) is 0 Å². The van der Waals surface area contributed by atoms with Crippen molar-refractivity contribution >= 4 is 5.91 Å². The molecule has 1 N–H and O–H groups in total. The second kappa shape index (κ2) is 7.08. The second-order valence-electron chi connectivity index (χ2n) is 5.73. The lowest BCUT2D eigenvalue weighted by molar-refractivity contribution is 0.0956. The van der Waals surface area contributed by atoms with Crippen LogP contribution in [0.5, 0.6) is 0 Å². The highest BCUT2D eigenvalue weighted by Gasteiger charge is 2.08. The molecule has 0 aromatic heterocycles. The zero-order valence-electron chi connectivity index (χ0n) is 12.7. The van der Waals surface area contributed by atoms with E-state index in [0.29, 0.717) is 6.54 Å². The molecule has 0 heterocycles. The summed E-state index contributed by atoms with van der Waals surface area (Å²) >= 11 is 0. The Kier molecular flexibility index (Phi) is 4.69. The van der Waals surface area contributed by atoms with E-state index >= 15 is 0 Å². The van der Waals surface area contributed by atoms with Crippen molar-refractivity contribution in [3.05, 3.63) is 71.8 Å². The highest BCUT2D eigenvalue weighted by Crippen LogP contribution is 2.19. The first-order valence-electron chi connectivity index (χ1n) is 7.94. The van der Waals surface area contributed by atoms with Crippen molar-refractivity contribution in [2.75, 3.05) is 6.54 Å². The van der Waals surface area contributed by atoms with E-state index in [1.165, 1.54) is 24.0 Å². The van der Waals surface area contributed by atoms with Crippen LogP contribution in [-0.2, 0) is 0 Å². The normalized spacial score (nSPS) is 14.3. The van der Waals surface area contributed by atoms with Crippen LogP contribution < -0.4 is 5.32 Å².